The maximum atomic E-state index is 13.8. The standard InChI is InChI=1S/C24H23BrF3N3O2Si/c1-23(2,3)34(4,5)31-21(32)18(19(25)22(31)33)17-14-8-6-7-9-15(14)30-20(17)16-11-10-13(12-29-16)24(26,27)28/h6-12,30H,1-5H3. The van der Waals surface area contributed by atoms with Crippen molar-refractivity contribution in [2.24, 2.45) is 0 Å². The van der Waals surface area contributed by atoms with Gasteiger partial charge in [-0.15, -0.1) is 0 Å². The van der Waals surface area contributed by atoms with E-state index in [1.54, 1.807) is 24.3 Å². The summed E-state index contributed by atoms with van der Waals surface area (Å²) < 4.78 is 40.7. The van der Waals surface area contributed by atoms with Gasteiger partial charge in [-0.05, 0) is 39.2 Å². The molecule has 2 aromatic heterocycles. The van der Waals surface area contributed by atoms with Gasteiger partial charge < -0.3 is 9.55 Å². The van der Waals surface area contributed by atoms with E-state index < -0.39 is 31.8 Å². The van der Waals surface area contributed by atoms with Gasteiger partial charge in [0, 0.05) is 22.7 Å². The average molecular weight is 550 g/mol. The highest BCUT2D eigenvalue weighted by atomic mass is 79.9. The second-order valence-electron chi connectivity index (χ2n) is 9.79. The first-order valence-corrected chi connectivity index (χ1v) is 14.3. The molecule has 5 nitrogen and oxygen atoms in total. The Bertz CT molecular complexity index is 1350. The fourth-order valence-electron chi connectivity index (χ4n) is 3.87. The Balaban J connectivity index is 1.93. The molecule has 3 heterocycles. The van der Waals surface area contributed by atoms with Crippen molar-refractivity contribution in [1.82, 2.24) is 14.5 Å². The number of hydrogen-bond acceptors (Lipinski definition) is 3. The summed E-state index contributed by atoms with van der Waals surface area (Å²) in [5.74, 6) is -0.815. The van der Waals surface area contributed by atoms with E-state index >= 15 is 0 Å². The van der Waals surface area contributed by atoms with Gasteiger partial charge in [0.15, 0.2) is 8.24 Å². The number of rotatable bonds is 3. The van der Waals surface area contributed by atoms with Gasteiger partial charge in [0.05, 0.1) is 27.0 Å². The van der Waals surface area contributed by atoms with E-state index in [0.717, 1.165) is 12.3 Å². The maximum absolute atomic E-state index is 13.8. The van der Waals surface area contributed by atoms with E-state index in [1.807, 2.05) is 33.9 Å². The van der Waals surface area contributed by atoms with E-state index in [-0.39, 0.29) is 20.8 Å². The first kappa shape index (κ1) is 24.4. The number of halogens is 4. The number of alkyl halides is 3. The van der Waals surface area contributed by atoms with E-state index in [0.29, 0.717) is 22.2 Å². The molecule has 4 rings (SSSR count). The Morgan fingerprint density at radius 1 is 1.00 bits per heavy atom. The molecule has 0 radical (unpaired) electrons. The number of aromatic amines is 1. The lowest BCUT2D eigenvalue weighted by Crippen LogP contribution is -2.57. The normalized spacial score (nSPS) is 15.7. The summed E-state index contributed by atoms with van der Waals surface area (Å²) in [6.07, 6.45) is -3.75. The van der Waals surface area contributed by atoms with Crippen LogP contribution in [-0.4, -0.2) is 34.6 Å². The van der Waals surface area contributed by atoms with Crippen molar-refractivity contribution in [2.45, 2.75) is 45.1 Å². The van der Waals surface area contributed by atoms with E-state index in [1.165, 1.54) is 10.6 Å². The minimum absolute atomic E-state index is 0.139. The Labute approximate surface area is 204 Å². The smallest absolute Gasteiger partial charge is 0.353 e. The fourth-order valence-corrected chi connectivity index (χ4v) is 6.48. The third-order valence-electron chi connectivity index (χ3n) is 6.72. The monoisotopic (exact) mass is 549 g/mol. The van der Waals surface area contributed by atoms with Crippen LogP contribution in [0.25, 0.3) is 27.9 Å². The number of fused-ring (bicyclic) bond motifs is 1. The van der Waals surface area contributed by atoms with Crippen molar-refractivity contribution in [2.75, 3.05) is 0 Å². The Morgan fingerprint density at radius 2 is 1.65 bits per heavy atom. The summed E-state index contributed by atoms with van der Waals surface area (Å²) in [5, 5.41) is 0.392. The van der Waals surface area contributed by atoms with Crippen LogP contribution in [0.2, 0.25) is 18.1 Å². The van der Waals surface area contributed by atoms with Gasteiger partial charge in [0.2, 0.25) is 0 Å². The SMILES string of the molecule is CC(C)(C)[Si](C)(C)N1C(=O)C(Br)=C(c2c(-c3ccc(C(F)(F)F)cn3)[nH]c3ccccc23)C1=O. The number of benzene rings is 1. The molecule has 0 spiro atoms. The molecular formula is C24H23BrF3N3O2Si. The molecule has 1 aromatic carbocycles. The third-order valence-corrected chi connectivity index (χ3v) is 12.7. The van der Waals surface area contributed by atoms with Crippen LogP contribution in [0, 0.1) is 0 Å². The van der Waals surface area contributed by atoms with Crippen LogP contribution in [0.15, 0.2) is 47.1 Å². The van der Waals surface area contributed by atoms with Gasteiger partial charge in [-0.2, -0.15) is 13.2 Å². The Morgan fingerprint density at radius 3 is 2.21 bits per heavy atom. The first-order valence-electron chi connectivity index (χ1n) is 10.6. The number of carbonyl (C=O) groups is 2. The quantitative estimate of drug-likeness (QED) is 0.291. The van der Waals surface area contributed by atoms with Gasteiger partial charge in [0.1, 0.15) is 0 Å². The zero-order valence-electron chi connectivity index (χ0n) is 19.3. The van der Waals surface area contributed by atoms with Crippen LogP contribution >= 0.6 is 15.9 Å². The third kappa shape index (κ3) is 3.72. The molecule has 178 valence electrons. The minimum Gasteiger partial charge on any atom is -0.353 e. The van der Waals surface area contributed by atoms with Crippen LogP contribution < -0.4 is 0 Å². The number of carbonyl (C=O) groups excluding carboxylic acids is 2. The molecule has 0 aliphatic carbocycles. The highest BCUT2D eigenvalue weighted by molar-refractivity contribution is 9.12. The molecule has 0 saturated heterocycles. The first-order chi connectivity index (χ1) is 15.7. The zero-order chi connectivity index (χ0) is 25.2. The maximum Gasteiger partial charge on any atom is 0.417 e. The number of imide groups is 1. The zero-order valence-corrected chi connectivity index (χ0v) is 21.9. The van der Waals surface area contributed by atoms with Crippen molar-refractivity contribution in [3.05, 3.63) is 58.2 Å². The summed E-state index contributed by atoms with van der Waals surface area (Å²) >= 11 is 3.37. The second-order valence-corrected chi connectivity index (χ2v) is 15.7. The van der Waals surface area contributed by atoms with Crippen LogP contribution in [0.5, 0.6) is 0 Å². The van der Waals surface area contributed by atoms with Crippen molar-refractivity contribution >= 4 is 52.5 Å². The van der Waals surface area contributed by atoms with Crippen LogP contribution in [0.3, 0.4) is 0 Å². The predicted molar refractivity (Wildman–Crippen MR) is 131 cm³/mol. The lowest BCUT2D eigenvalue weighted by molar-refractivity contribution is -0.138. The van der Waals surface area contributed by atoms with Crippen molar-refractivity contribution in [3.63, 3.8) is 0 Å². The molecule has 0 bridgehead atoms. The molecule has 0 saturated carbocycles. The van der Waals surface area contributed by atoms with Crippen molar-refractivity contribution < 1.29 is 22.8 Å². The number of hydrogen-bond donors (Lipinski definition) is 1. The van der Waals surface area contributed by atoms with Gasteiger partial charge in [-0.25, -0.2) is 0 Å². The lowest BCUT2D eigenvalue weighted by atomic mass is 10.00. The summed E-state index contributed by atoms with van der Waals surface area (Å²) in [6.45, 7) is 9.97. The minimum atomic E-state index is -4.52. The fraction of sp³-hybridized carbons (Fsp3) is 0.292. The van der Waals surface area contributed by atoms with Crippen molar-refractivity contribution in [1.29, 1.82) is 0 Å². The summed E-state index contributed by atoms with van der Waals surface area (Å²) in [6, 6.07) is 9.41. The molecule has 3 aromatic rings. The molecule has 0 unspecified atom stereocenters. The molecule has 2 amide bonds. The largest absolute Gasteiger partial charge is 0.417 e. The molecule has 34 heavy (non-hydrogen) atoms. The summed E-state index contributed by atoms with van der Waals surface area (Å²) in [5.41, 5.74) is 1.04. The molecule has 0 fully saturated rings. The Hall–Kier alpha value is -2.72. The van der Waals surface area contributed by atoms with Gasteiger partial charge in [-0.3, -0.25) is 14.6 Å². The van der Waals surface area contributed by atoms with Gasteiger partial charge in [0.25, 0.3) is 11.8 Å². The highest BCUT2D eigenvalue weighted by Gasteiger charge is 2.52. The number of pyridine rings is 1. The topological polar surface area (TPSA) is 66.1 Å². The van der Waals surface area contributed by atoms with Crippen LogP contribution in [0.4, 0.5) is 13.2 Å². The molecular weight excluding hydrogens is 527 g/mol. The Kier molecular flexibility index (Phi) is 5.68. The van der Waals surface area contributed by atoms with E-state index in [4.69, 9.17) is 0 Å². The molecule has 1 aliphatic rings. The number of amides is 2. The molecule has 10 heteroatoms. The van der Waals surface area contributed by atoms with E-state index in [2.05, 4.69) is 25.9 Å². The number of nitrogens with one attached hydrogen (secondary N) is 1. The van der Waals surface area contributed by atoms with E-state index in [9.17, 15) is 22.8 Å². The number of nitrogens with zero attached hydrogens (tertiary/aromatic N) is 2. The van der Waals surface area contributed by atoms with Crippen LogP contribution in [-0.2, 0) is 15.8 Å². The predicted octanol–water partition coefficient (Wildman–Crippen LogP) is 6.73. The molecule has 1 N–H and O–H groups in total. The number of aromatic nitrogens is 2. The number of para-hydroxylation sites is 1. The molecule has 1 aliphatic heterocycles. The summed E-state index contributed by atoms with van der Waals surface area (Å²) in [4.78, 5) is 34.4. The second kappa shape index (κ2) is 7.91. The lowest BCUT2D eigenvalue weighted by Gasteiger charge is -2.42. The average Bonchev–Trinajstić information content (AvgIpc) is 3.21. The highest BCUT2D eigenvalue weighted by Crippen LogP contribution is 2.47. The number of H-pyrrole nitrogens is 1. The molecule has 0 atom stereocenters. The van der Waals surface area contributed by atoms with Gasteiger partial charge >= 0.3 is 6.18 Å². The van der Waals surface area contributed by atoms with Gasteiger partial charge in [-0.1, -0.05) is 52.1 Å². The van der Waals surface area contributed by atoms with Crippen LogP contribution in [0.1, 0.15) is 31.9 Å². The van der Waals surface area contributed by atoms with Crippen molar-refractivity contribution in [3.8, 4) is 11.4 Å². The summed E-state index contributed by atoms with van der Waals surface area (Å²) in [7, 11) is -2.57.